The summed E-state index contributed by atoms with van der Waals surface area (Å²) in [6.07, 6.45) is 0. The van der Waals surface area contributed by atoms with Crippen molar-refractivity contribution < 1.29 is 4.74 Å². The topological polar surface area (TPSA) is 47.3 Å². The van der Waals surface area contributed by atoms with Crippen LogP contribution in [0, 0.1) is 0 Å². The minimum atomic E-state index is 0.736. The first-order chi connectivity index (χ1) is 8.69. The van der Waals surface area contributed by atoms with Crippen LogP contribution in [0.3, 0.4) is 0 Å². The number of rotatable bonds is 4. The number of benzene rings is 2. The monoisotopic (exact) mass is 306 g/mol. The molecule has 0 aliphatic carbocycles. The van der Waals surface area contributed by atoms with Gasteiger partial charge in [-0.05, 0) is 51.8 Å². The molecule has 18 heavy (non-hydrogen) atoms. The maximum atomic E-state index is 5.70. The molecule has 0 aliphatic heterocycles. The van der Waals surface area contributed by atoms with Crippen LogP contribution >= 0.6 is 15.9 Å². The summed E-state index contributed by atoms with van der Waals surface area (Å²) in [7, 11) is 1.67. The number of nitrogens with two attached hydrogens (primary N) is 1. The molecular formula is C14H15BrN2O. The predicted molar refractivity (Wildman–Crippen MR) is 78.9 cm³/mol. The predicted octanol–water partition coefficient (Wildman–Crippen LogP) is 3.65. The van der Waals surface area contributed by atoms with Gasteiger partial charge in [0.05, 0.1) is 7.11 Å². The lowest BCUT2D eigenvalue weighted by molar-refractivity contribution is 0.414. The van der Waals surface area contributed by atoms with Crippen LogP contribution in [-0.2, 0) is 6.54 Å². The number of nitrogen functional groups attached to an aromatic ring is 1. The highest BCUT2D eigenvalue weighted by Gasteiger charge is 2.01. The van der Waals surface area contributed by atoms with E-state index in [1.807, 2.05) is 36.4 Å². The molecule has 0 radical (unpaired) electrons. The second-order valence-corrected chi connectivity index (χ2v) is 4.80. The number of nitrogens with one attached hydrogen (secondary N) is 1. The van der Waals surface area contributed by atoms with Gasteiger partial charge in [0.15, 0.2) is 0 Å². The van der Waals surface area contributed by atoms with Gasteiger partial charge < -0.3 is 15.8 Å². The van der Waals surface area contributed by atoms with E-state index >= 15 is 0 Å². The van der Waals surface area contributed by atoms with Crippen molar-refractivity contribution in [3.05, 3.63) is 52.5 Å². The normalized spacial score (nSPS) is 10.1. The molecule has 0 saturated heterocycles. The highest BCUT2D eigenvalue weighted by atomic mass is 79.9. The number of ether oxygens (including phenoxy) is 1. The fourth-order valence-electron chi connectivity index (χ4n) is 1.65. The van der Waals surface area contributed by atoms with E-state index in [-0.39, 0.29) is 0 Å². The number of methoxy groups -OCH3 is 1. The fourth-order valence-corrected chi connectivity index (χ4v) is 2.19. The van der Waals surface area contributed by atoms with E-state index in [0.29, 0.717) is 0 Å². The maximum absolute atomic E-state index is 5.70. The Bertz CT molecular complexity index is 543. The van der Waals surface area contributed by atoms with Gasteiger partial charge in [-0.2, -0.15) is 0 Å². The zero-order valence-corrected chi connectivity index (χ0v) is 11.7. The molecule has 0 amide bonds. The van der Waals surface area contributed by atoms with E-state index in [0.717, 1.165) is 33.7 Å². The molecule has 2 aromatic carbocycles. The standard InChI is InChI=1S/C14H15BrN2O/c1-18-12-4-2-3-10(7-12)9-17-14-6-5-11(16)8-13(14)15/h2-8,17H,9,16H2,1H3. The fraction of sp³-hybridized carbons (Fsp3) is 0.143. The van der Waals surface area contributed by atoms with Gasteiger partial charge in [0.1, 0.15) is 5.75 Å². The summed E-state index contributed by atoms with van der Waals surface area (Å²) in [5.74, 6) is 0.866. The third-order valence-electron chi connectivity index (χ3n) is 2.61. The molecule has 4 heteroatoms. The van der Waals surface area contributed by atoms with E-state index in [9.17, 15) is 0 Å². The Labute approximate surface area is 115 Å². The highest BCUT2D eigenvalue weighted by molar-refractivity contribution is 9.10. The van der Waals surface area contributed by atoms with Gasteiger partial charge >= 0.3 is 0 Å². The van der Waals surface area contributed by atoms with E-state index in [1.54, 1.807) is 7.11 Å². The van der Waals surface area contributed by atoms with Crippen LogP contribution in [0.25, 0.3) is 0 Å². The third-order valence-corrected chi connectivity index (χ3v) is 3.27. The van der Waals surface area contributed by atoms with Crippen molar-refractivity contribution in [1.29, 1.82) is 0 Å². The van der Waals surface area contributed by atoms with Crippen LogP contribution in [0.4, 0.5) is 11.4 Å². The SMILES string of the molecule is COc1cccc(CNc2ccc(N)cc2Br)c1. The molecule has 0 aliphatic rings. The first-order valence-corrected chi connectivity index (χ1v) is 6.40. The van der Waals surface area contributed by atoms with Crippen molar-refractivity contribution in [2.24, 2.45) is 0 Å². The molecule has 0 aromatic heterocycles. The molecule has 2 aromatic rings. The molecule has 3 N–H and O–H groups in total. The summed E-state index contributed by atoms with van der Waals surface area (Å²) in [4.78, 5) is 0. The van der Waals surface area contributed by atoms with E-state index < -0.39 is 0 Å². The smallest absolute Gasteiger partial charge is 0.119 e. The van der Waals surface area contributed by atoms with Gasteiger partial charge in [0.2, 0.25) is 0 Å². The molecule has 0 atom stereocenters. The number of halogens is 1. The van der Waals surface area contributed by atoms with Crippen molar-refractivity contribution in [2.75, 3.05) is 18.2 Å². The van der Waals surface area contributed by atoms with Crippen molar-refractivity contribution >= 4 is 27.3 Å². The number of anilines is 2. The largest absolute Gasteiger partial charge is 0.497 e. The number of hydrogen-bond donors (Lipinski definition) is 2. The Morgan fingerprint density at radius 3 is 2.78 bits per heavy atom. The van der Waals surface area contributed by atoms with Crippen LogP contribution in [0.1, 0.15) is 5.56 Å². The first kappa shape index (κ1) is 12.8. The maximum Gasteiger partial charge on any atom is 0.119 e. The molecule has 0 bridgehead atoms. The third kappa shape index (κ3) is 3.17. The first-order valence-electron chi connectivity index (χ1n) is 5.61. The van der Waals surface area contributed by atoms with Crippen molar-refractivity contribution in [3.8, 4) is 5.75 Å². The summed E-state index contributed by atoms with van der Waals surface area (Å²) < 4.78 is 6.16. The van der Waals surface area contributed by atoms with Gasteiger partial charge in [0.25, 0.3) is 0 Å². The average Bonchev–Trinajstić information content (AvgIpc) is 2.38. The van der Waals surface area contributed by atoms with Gasteiger partial charge in [-0.1, -0.05) is 12.1 Å². The van der Waals surface area contributed by atoms with Gasteiger partial charge in [0, 0.05) is 22.4 Å². The van der Waals surface area contributed by atoms with Crippen molar-refractivity contribution in [2.45, 2.75) is 6.54 Å². The summed E-state index contributed by atoms with van der Waals surface area (Å²) in [5, 5.41) is 3.35. The molecule has 0 saturated carbocycles. The molecule has 94 valence electrons. The Balaban J connectivity index is 2.06. The van der Waals surface area contributed by atoms with Crippen LogP contribution < -0.4 is 15.8 Å². The molecule has 3 nitrogen and oxygen atoms in total. The van der Waals surface area contributed by atoms with Gasteiger partial charge in [-0.15, -0.1) is 0 Å². The zero-order valence-electron chi connectivity index (χ0n) is 10.1. The molecule has 0 unspecified atom stereocenters. The zero-order chi connectivity index (χ0) is 13.0. The van der Waals surface area contributed by atoms with Crippen LogP contribution in [0.2, 0.25) is 0 Å². The van der Waals surface area contributed by atoms with Crippen LogP contribution in [0.5, 0.6) is 5.75 Å². The van der Waals surface area contributed by atoms with Crippen molar-refractivity contribution in [3.63, 3.8) is 0 Å². The second-order valence-electron chi connectivity index (χ2n) is 3.94. The Kier molecular flexibility index (Phi) is 4.10. The van der Waals surface area contributed by atoms with E-state index in [4.69, 9.17) is 10.5 Å². The Morgan fingerprint density at radius 2 is 2.06 bits per heavy atom. The molecule has 0 fully saturated rings. The van der Waals surface area contributed by atoms with E-state index in [2.05, 4.69) is 27.3 Å². The summed E-state index contributed by atoms with van der Waals surface area (Å²) in [6.45, 7) is 0.736. The summed E-state index contributed by atoms with van der Waals surface area (Å²) >= 11 is 3.48. The Morgan fingerprint density at radius 1 is 1.22 bits per heavy atom. The van der Waals surface area contributed by atoms with Crippen LogP contribution in [-0.4, -0.2) is 7.11 Å². The summed E-state index contributed by atoms with van der Waals surface area (Å²) in [6, 6.07) is 13.7. The lowest BCUT2D eigenvalue weighted by atomic mass is 10.2. The lowest BCUT2D eigenvalue weighted by Crippen LogP contribution is -2.00. The molecule has 0 heterocycles. The second kappa shape index (κ2) is 5.78. The van der Waals surface area contributed by atoms with Gasteiger partial charge in [-0.3, -0.25) is 0 Å². The van der Waals surface area contributed by atoms with Gasteiger partial charge in [-0.25, -0.2) is 0 Å². The minimum Gasteiger partial charge on any atom is -0.497 e. The Hall–Kier alpha value is -1.68. The molecular weight excluding hydrogens is 292 g/mol. The average molecular weight is 307 g/mol. The highest BCUT2D eigenvalue weighted by Crippen LogP contribution is 2.25. The summed E-state index contributed by atoms with van der Waals surface area (Å²) in [5.41, 5.74) is 8.63. The number of hydrogen-bond acceptors (Lipinski definition) is 3. The molecule has 2 rings (SSSR count). The molecule has 0 spiro atoms. The quantitative estimate of drug-likeness (QED) is 0.848. The van der Waals surface area contributed by atoms with Crippen molar-refractivity contribution in [1.82, 2.24) is 0 Å². The minimum absolute atomic E-state index is 0.736. The van der Waals surface area contributed by atoms with Crippen LogP contribution in [0.15, 0.2) is 46.9 Å². The lowest BCUT2D eigenvalue weighted by Gasteiger charge is -2.10. The van der Waals surface area contributed by atoms with E-state index in [1.165, 1.54) is 0 Å².